The van der Waals surface area contributed by atoms with Crippen molar-refractivity contribution in [3.05, 3.63) is 29.6 Å². The summed E-state index contributed by atoms with van der Waals surface area (Å²) in [5.41, 5.74) is 2.50. The molecule has 0 aliphatic carbocycles. The van der Waals surface area contributed by atoms with Gasteiger partial charge in [0.2, 0.25) is 0 Å². The molecule has 0 aliphatic rings. The molecule has 0 fully saturated rings. The van der Waals surface area contributed by atoms with Crippen molar-refractivity contribution in [3.63, 3.8) is 0 Å². The van der Waals surface area contributed by atoms with Crippen molar-refractivity contribution in [3.8, 4) is 0 Å². The molecule has 0 bridgehead atoms. The van der Waals surface area contributed by atoms with E-state index in [1.165, 1.54) is 11.3 Å². The largest absolute Gasteiger partial charge is 0.379 e. The molecule has 0 radical (unpaired) electrons. The van der Waals surface area contributed by atoms with Crippen LogP contribution in [-0.4, -0.2) is 11.7 Å². The first kappa shape index (κ1) is 12.9. The summed E-state index contributed by atoms with van der Waals surface area (Å²) in [5.74, 6) is 0.543. The second-order valence-corrected chi connectivity index (χ2v) is 3.11. The Morgan fingerprint density at radius 2 is 1.71 bits per heavy atom. The second kappa shape index (κ2) is 6.40. The van der Waals surface area contributed by atoms with Gasteiger partial charge in [0.25, 0.3) is 0 Å². The summed E-state index contributed by atoms with van der Waals surface area (Å²) in [4.78, 5) is 4.28. The van der Waals surface area contributed by atoms with Crippen LogP contribution < -0.4 is 0 Å². The molecule has 0 aromatic carbocycles. The van der Waals surface area contributed by atoms with E-state index in [-0.39, 0.29) is 0 Å². The van der Waals surface area contributed by atoms with Gasteiger partial charge in [-0.1, -0.05) is 19.9 Å². The molecule has 1 aromatic rings. The number of nitrogens with zero attached hydrogens (tertiary/aromatic N) is 1. The van der Waals surface area contributed by atoms with E-state index in [2.05, 4.69) is 31.8 Å². The standard InChI is InChI=1S/C9H13N.CHF3/c1-7(2)9-8(3)5-4-6-10-9;2-1(3)4/h4-7H,1-3H3;1H. The third kappa shape index (κ3) is 5.56. The lowest BCUT2D eigenvalue weighted by atomic mass is 10.1. The van der Waals surface area contributed by atoms with Gasteiger partial charge in [0.1, 0.15) is 0 Å². The highest BCUT2D eigenvalue weighted by molar-refractivity contribution is 5.20. The minimum atomic E-state index is -3.67. The molecule has 0 aliphatic heterocycles. The molecule has 0 amide bonds. The van der Waals surface area contributed by atoms with Crippen molar-refractivity contribution in [1.29, 1.82) is 0 Å². The Labute approximate surface area is 82.0 Å². The fourth-order valence-electron chi connectivity index (χ4n) is 1.10. The van der Waals surface area contributed by atoms with E-state index in [9.17, 15) is 13.2 Å². The van der Waals surface area contributed by atoms with Gasteiger partial charge in [-0.25, -0.2) is 0 Å². The minimum Gasteiger partial charge on any atom is -0.261 e. The lowest BCUT2D eigenvalue weighted by Gasteiger charge is -2.05. The summed E-state index contributed by atoms with van der Waals surface area (Å²) in [5, 5.41) is 0. The number of hydrogen-bond acceptors (Lipinski definition) is 1. The predicted molar refractivity (Wildman–Crippen MR) is 50.2 cm³/mol. The molecular weight excluding hydrogens is 191 g/mol. The molecular formula is C10H14F3N. The van der Waals surface area contributed by atoms with Gasteiger partial charge in [-0.2, -0.15) is 13.2 Å². The van der Waals surface area contributed by atoms with Gasteiger partial charge < -0.3 is 0 Å². The van der Waals surface area contributed by atoms with Crippen LogP contribution in [-0.2, 0) is 0 Å². The highest BCUT2D eigenvalue weighted by Gasteiger charge is 2.01. The summed E-state index contributed by atoms with van der Waals surface area (Å²) in [6.07, 6.45) is 1.85. The Kier molecular flexibility index (Phi) is 5.92. The fraction of sp³-hybridized carbons (Fsp3) is 0.500. The Bertz CT molecular complexity index is 259. The molecule has 0 N–H and O–H groups in total. The number of alkyl halides is 3. The Hall–Kier alpha value is -1.06. The van der Waals surface area contributed by atoms with Crippen LogP contribution in [0.25, 0.3) is 0 Å². The topological polar surface area (TPSA) is 12.9 Å². The summed E-state index contributed by atoms with van der Waals surface area (Å²) >= 11 is 0. The second-order valence-electron chi connectivity index (χ2n) is 3.11. The summed E-state index contributed by atoms with van der Waals surface area (Å²) < 4.78 is 29.0. The third-order valence-electron chi connectivity index (χ3n) is 1.60. The van der Waals surface area contributed by atoms with E-state index >= 15 is 0 Å². The summed E-state index contributed by atoms with van der Waals surface area (Å²) in [6, 6.07) is 4.07. The highest BCUT2D eigenvalue weighted by atomic mass is 19.4. The van der Waals surface area contributed by atoms with Gasteiger partial charge in [0.15, 0.2) is 0 Å². The van der Waals surface area contributed by atoms with Gasteiger partial charge in [0, 0.05) is 11.9 Å². The quantitative estimate of drug-likeness (QED) is 0.681. The lowest BCUT2D eigenvalue weighted by molar-refractivity contribution is 0.00819. The zero-order valence-corrected chi connectivity index (χ0v) is 8.47. The van der Waals surface area contributed by atoms with Crippen molar-refractivity contribution in [2.24, 2.45) is 0 Å². The van der Waals surface area contributed by atoms with Crippen LogP contribution in [0.2, 0.25) is 0 Å². The van der Waals surface area contributed by atoms with E-state index < -0.39 is 6.68 Å². The van der Waals surface area contributed by atoms with E-state index in [0.717, 1.165) is 0 Å². The van der Waals surface area contributed by atoms with Crippen molar-refractivity contribution in [2.45, 2.75) is 33.4 Å². The van der Waals surface area contributed by atoms with Crippen LogP contribution >= 0.6 is 0 Å². The van der Waals surface area contributed by atoms with Gasteiger partial charge in [-0.05, 0) is 24.5 Å². The van der Waals surface area contributed by atoms with E-state index in [1.807, 2.05) is 12.3 Å². The zero-order chi connectivity index (χ0) is 11.1. The molecule has 1 nitrogen and oxygen atoms in total. The molecule has 14 heavy (non-hydrogen) atoms. The molecule has 0 saturated heterocycles. The molecule has 1 rings (SSSR count). The maximum atomic E-state index is 9.67. The molecule has 80 valence electrons. The van der Waals surface area contributed by atoms with Crippen molar-refractivity contribution in [1.82, 2.24) is 4.98 Å². The molecule has 1 aromatic heterocycles. The predicted octanol–water partition coefficient (Wildman–Crippen LogP) is 3.69. The van der Waals surface area contributed by atoms with E-state index in [1.54, 1.807) is 0 Å². The third-order valence-corrected chi connectivity index (χ3v) is 1.60. The minimum absolute atomic E-state index is 0.543. The van der Waals surface area contributed by atoms with Crippen LogP contribution in [0, 0.1) is 6.92 Å². The zero-order valence-electron chi connectivity index (χ0n) is 8.47. The maximum Gasteiger partial charge on any atom is 0.379 e. The van der Waals surface area contributed by atoms with Crippen molar-refractivity contribution >= 4 is 0 Å². The Morgan fingerprint density at radius 1 is 1.21 bits per heavy atom. The molecule has 1 heterocycles. The first-order valence-corrected chi connectivity index (χ1v) is 4.29. The monoisotopic (exact) mass is 205 g/mol. The summed E-state index contributed by atoms with van der Waals surface area (Å²) in [7, 11) is 0. The molecule has 0 spiro atoms. The average molecular weight is 205 g/mol. The molecule has 0 unspecified atom stereocenters. The van der Waals surface area contributed by atoms with Gasteiger partial charge in [-0.15, -0.1) is 0 Å². The summed E-state index contributed by atoms with van der Waals surface area (Å²) in [6.45, 7) is 2.76. The number of halogens is 3. The van der Waals surface area contributed by atoms with Gasteiger partial charge in [-0.3, -0.25) is 4.98 Å². The molecule has 0 saturated carbocycles. The number of aromatic nitrogens is 1. The highest BCUT2D eigenvalue weighted by Crippen LogP contribution is 2.14. The number of hydrogen-bond donors (Lipinski definition) is 0. The normalized spacial score (nSPS) is 10.0. The van der Waals surface area contributed by atoms with Crippen LogP contribution in [0.5, 0.6) is 0 Å². The van der Waals surface area contributed by atoms with Gasteiger partial charge >= 0.3 is 6.68 Å². The average Bonchev–Trinajstić information content (AvgIpc) is 2.03. The van der Waals surface area contributed by atoms with Crippen molar-refractivity contribution < 1.29 is 13.2 Å². The Morgan fingerprint density at radius 3 is 2.00 bits per heavy atom. The smallest absolute Gasteiger partial charge is 0.261 e. The van der Waals surface area contributed by atoms with Crippen LogP contribution in [0.1, 0.15) is 31.0 Å². The lowest BCUT2D eigenvalue weighted by Crippen LogP contribution is -1.94. The van der Waals surface area contributed by atoms with Crippen LogP contribution in [0.4, 0.5) is 13.2 Å². The number of rotatable bonds is 1. The Balaban J connectivity index is 0.000000364. The SMILES string of the molecule is Cc1cccnc1C(C)C.FC(F)F. The number of pyridine rings is 1. The first-order chi connectivity index (χ1) is 6.45. The van der Waals surface area contributed by atoms with E-state index in [4.69, 9.17) is 0 Å². The molecule has 0 atom stereocenters. The van der Waals surface area contributed by atoms with Gasteiger partial charge in [0.05, 0.1) is 0 Å². The fourth-order valence-corrected chi connectivity index (χ4v) is 1.10. The maximum absolute atomic E-state index is 9.67. The van der Waals surface area contributed by atoms with Crippen LogP contribution in [0.3, 0.4) is 0 Å². The number of aryl methyl sites for hydroxylation is 1. The van der Waals surface area contributed by atoms with Crippen LogP contribution in [0.15, 0.2) is 18.3 Å². The first-order valence-electron chi connectivity index (χ1n) is 4.29. The molecule has 4 heteroatoms. The van der Waals surface area contributed by atoms with E-state index in [0.29, 0.717) is 5.92 Å². The van der Waals surface area contributed by atoms with Crippen molar-refractivity contribution in [2.75, 3.05) is 0 Å².